The average molecular weight is 416 g/mol. The second-order valence-corrected chi connectivity index (χ2v) is 9.19. The second kappa shape index (κ2) is 7.37. The number of anilines is 2. The number of nitrogens with one attached hydrogen (secondary N) is 1. The Labute approximate surface area is 166 Å². The van der Waals surface area contributed by atoms with Crippen molar-refractivity contribution in [3.63, 3.8) is 0 Å². The van der Waals surface area contributed by atoms with Gasteiger partial charge in [0, 0.05) is 12.2 Å². The largest absolute Gasteiger partial charge is 0.307 e. The molecule has 8 heteroatoms. The molecule has 0 spiro atoms. The van der Waals surface area contributed by atoms with Crippen LogP contribution in [-0.2, 0) is 22.2 Å². The molecule has 0 saturated heterocycles. The van der Waals surface area contributed by atoms with E-state index in [1.54, 1.807) is 23.1 Å². The van der Waals surface area contributed by atoms with Crippen LogP contribution in [0.1, 0.15) is 20.8 Å². The summed E-state index contributed by atoms with van der Waals surface area (Å²) in [5.41, 5.74) is 2.61. The lowest BCUT2D eigenvalue weighted by Gasteiger charge is -2.17. The summed E-state index contributed by atoms with van der Waals surface area (Å²) in [6.07, 6.45) is 0.731. The Balaban J connectivity index is 1.54. The molecule has 0 unspecified atom stereocenters. The number of rotatable bonds is 5. The Kier molecular flexibility index (Phi) is 4.91. The minimum absolute atomic E-state index is 0.0833. The summed E-state index contributed by atoms with van der Waals surface area (Å²) in [4.78, 5) is 15.0. The highest BCUT2D eigenvalue weighted by molar-refractivity contribution is 7.91. The summed E-state index contributed by atoms with van der Waals surface area (Å²) < 4.78 is 40.5. The lowest BCUT2D eigenvalue weighted by Crippen LogP contribution is -2.28. The molecular formula is C20H17FN2O3S2. The maximum Gasteiger partial charge on any atom is 0.268 e. The standard InChI is InChI=1S/C20H17FN2O3S2/c21-16-6-3-14(4-7-16)13-28(25,26)22-17-8-5-15-9-10-23(18(15)12-17)20(24)19-2-1-11-27-19/h1-8,11-12,22H,9-10,13H2. The molecule has 28 heavy (non-hydrogen) atoms. The van der Waals surface area contributed by atoms with E-state index in [4.69, 9.17) is 0 Å². The molecule has 1 aromatic heterocycles. The van der Waals surface area contributed by atoms with E-state index >= 15 is 0 Å². The molecule has 0 aliphatic carbocycles. The van der Waals surface area contributed by atoms with Crippen LogP contribution < -0.4 is 9.62 Å². The highest BCUT2D eigenvalue weighted by Crippen LogP contribution is 2.33. The van der Waals surface area contributed by atoms with Gasteiger partial charge in [0.05, 0.1) is 16.3 Å². The zero-order valence-electron chi connectivity index (χ0n) is 14.8. The lowest BCUT2D eigenvalue weighted by atomic mass is 10.1. The van der Waals surface area contributed by atoms with E-state index < -0.39 is 15.8 Å². The molecule has 0 bridgehead atoms. The second-order valence-electron chi connectivity index (χ2n) is 6.52. The predicted molar refractivity (Wildman–Crippen MR) is 109 cm³/mol. The number of thiophene rings is 1. The van der Waals surface area contributed by atoms with Gasteiger partial charge in [-0.05, 0) is 53.3 Å². The molecule has 1 N–H and O–H groups in total. The molecule has 1 aliphatic rings. The SMILES string of the molecule is O=C(c1cccs1)N1CCc2ccc(NS(=O)(=O)Cc3ccc(F)cc3)cc21. The number of halogens is 1. The highest BCUT2D eigenvalue weighted by Gasteiger charge is 2.26. The van der Waals surface area contributed by atoms with E-state index in [9.17, 15) is 17.6 Å². The fraction of sp³-hybridized carbons (Fsp3) is 0.150. The molecule has 4 rings (SSSR count). The van der Waals surface area contributed by atoms with Crippen LogP contribution in [0.15, 0.2) is 60.0 Å². The number of carbonyl (C=O) groups is 1. The molecule has 2 heterocycles. The monoisotopic (exact) mass is 416 g/mol. The van der Waals surface area contributed by atoms with Crippen molar-refractivity contribution in [3.05, 3.63) is 81.8 Å². The molecule has 0 radical (unpaired) electrons. The van der Waals surface area contributed by atoms with E-state index in [1.807, 2.05) is 17.5 Å². The quantitative estimate of drug-likeness (QED) is 0.683. The number of amides is 1. The van der Waals surface area contributed by atoms with Crippen molar-refractivity contribution in [2.45, 2.75) is 12.2 Å². The number of nitrogens with zero attached hydrogens (tertiary/aromatic N) is 1. The number of hydrogen-bond acceptors (Lipinski definition) is 4. The molecule has 0 saturated carbocycles. The summed E-state index contributed by atoms with van der Waals surface area (Å²) in [6, 6.07) is 14.2. The first-order valence-electron chi connectivity index (χ1n) is 8.64. The minimum atomic E-state index is -3.67. The van der Waals surface area contributed by atoms with Gasteiger partial charge in [-0.15, -0.1) is 11.3 Å². The van der Waals surface area contributed by atoms with Gasteiger partial charge in [-0.3, -0.25) is 9.52 Å². The lowest BCUT2D eigenvalue weighted by molar-refractivity contribution is 0.0993. The van der Waals surface area contributed by atoms with Gasteiger partial charge in [0.25, 0.3) is 5.91 Å². The van der Waals surface area contributed by atoms with Crippen molar-refractivity contribution in [2.75, 3.05) is 16.2 Å². The number of sulfonamides is 1. The van der Waals surface area contributed by atoms with Crippen LogP contribution in [0, 0.1) is 5.82 Å². The first-order chi connectivity index (χ1) is 13.4. The van der Waals surface area contributed by atoms with Gasteiger partial charge < -0.3 is 4.90 Å². The van der Waals surface area contributed by atoms with Crippen LogP contribution in [-0.4, -0.2) is 20.9 Å². The first kappa shape index (κ1) is 18.6. The highest BCUT2D eigenvalue weighted by atomic mass is 32.2. The molecule has 1 aliphatic heterocycles. The molecule has 5 nitrogen and oxygen atoms in total. The summed E-state index contributed by atoms with van der Waals surface area (Å²) in [5, 5.41) is 1.85. The van der Waals surface area contributed by atoms with Crippen molar-refractivity contribution in [1.29, 1.82) is 0 Å². The Morgan fingerprint density at radius 2 is 1.93 bits per heavy atom. The molecule has 144 valence electrons. The van der Waals surface area contributed by atoms with Gasteiger partial charge in [0.1, 0.15) is 5.82 Å². The molecule has 1 amide bonds. The van der Waals surface area contributed by atoms with Gasteiger partial charge in [-0.25, -0.2) is 12.8 Å². The van der Waals surface area contributed by atoms with Crippen molar-refractivity contribution < 1.29 is 17.6 Å². The van der Waals surface area contributed by atoms with Gasteiger partial charge in [0.15, 0.2) is 0 Å². The predicted octanol–water partition coefficient (Wildman–Crippen LogP) is 4.03. The summed E-state index contributed by atoms with van der Waals surface area (Å²) in [7, 11) is -3.67. The minimum Gasteiger partial charge on any atom is -0.307 e. The zero-order valence-corrected chi connectivity index (χ0v) is 16.4. The van der Waals surface area contributed by atoms with Gasteiger partial charge in [-0.2, -0.15) is 0 Å². The zero-order chi connectivity index (χ0) is 19.7. The number of hydrogen-bond donors (Lipinski definition) is 1. The molecule has 0 fully saturated rings. The number of carbonyl (C=O) groups excluding carboxylic acids is 1. The Morgan fingerprint density at radius 1 is 1.14 bits per heavy atom. The maximum absolute atomic E-state index is 13.0. The van der Waals surface area contributed by atoms with Crippen LogP contribution in [0.4, 0.5) is 15.8 Å². The van der Waals surface area contributed by atoms with Gasteiger partial charge >= 0.3 is 0 Å². The summed E-state index contributed by atoms with van der Waals surface area (Å²) >= 11 is 1.38. The third kappa shape index (κ3) is 3.93. The normalized spacial score (nSPS) is 13.4. The van der Waals surface area contributed by atoms with Crippen molar-refractivity contribution in [3.8, 4) is 0 Å². The Morgan fingerprint density at radius 3 is 2.64 bits per heavy atom. The van der Waals surface area contributed by atoms with Gasteiger partial charge in [-0.1, -0.05) is 24.3 Å². The summed E-state index contributed by atoms with van der Waals surface area (Å²) in [5.74, 6) is -0.759. The topological polar surface area (TPSA) is 66.5 Å². The average Bonchev–Trinajstić information content (AvgIpc) is 3.32. The Hall–Kier alpha value is -2.71. The van der Waals surface area contributed by atoms with Crippen LogP contribution in [0.25, 0.3) is 0 Å². The van der Waals surface area contributed by atoms with Gasteiger partial charge in [0.2, 0.25) is 10.0 Å². The van der Waals surface area contributed by atoms with Crippen LogP contribution in [0.5, 0.6) is 0 Å². The van der Waals surface area contributed by atoms with Crippen LogP contribution in [0.3, 0.4) is 0 Å². The summed E-state index contributed by atoms with van der Waals surface area (Å²) in [6.45, 7) is 0.567. The van der Waals surface area contributed by atoms with E-state index in [0.717, 1.165) is 17.7 Å². The third-order valence-electron chi connectivity index (χ3n) is 4.50. The Bertz CT molecular complexity index is 1110. The van der Waals surface area contributed by atoms with E-state index in [1.165, 1.54) is 35.6 Å². The first-order valence-corrected chi connectivity index (χ1v) is 11.2. The molecular weight excluding hydrogens is 399 g/mol. The maximum atomic E-state index is 13.0. The van der Waals surface area contributed by atoms with Crippen molar-refractivity contribution in [2.24, 2.45) is 0 Å². The fourth-order valence-corrected chi connectivity index (χ4v) is 5.06. The van der Waals surface area contributed by atoms with E-state index in [2.05, 4.69) is 4.72 Å². The van der Waals surface area contributed by atoms with E-state index in [-0.39, 0.29) is 11.7 Å². The molecule has 0 atom stereocenters. The van der Waals surface area contributed by atoms with Crippen molar-refractivity contribution in [1.82, 2.24) is 0 Å². The number of benzene rings is 2. The van der Waals surface area contributed by atoms with Crippen molar-refractivity contribution >= 4 is 38.6 Å². The fourth-order valence-electron chi connectivity index (χ4n) is 3.20. The smallest absolute Gasteiger partial charge is 0.268 e. The molecule has 2 aromatic carbocycles. The third-order valence-corrected chi connectivity index (χ3v) is 6.62. The van der Waals surface area contributed by atoms with Crippen LogP contribution >= 0.6 is 11.3 Å². The van der Waals surface area contributed by atoms with Crippen LogP contribution in [0.2, 0.25) is 0 Å². The number of fused-ring (bicyclic) bond motifs is 1. The molecule has 3 aromatic rings. The van der Waals surface area contributed by atoms with E-state index in [0.29, 0.717) is 22.7 Å².